The number of benzene rings is 3. The maximum Gasteiger partial charge on any atom is 0.412 e. The lowest BCUT2D eigenvalue weighted by Crippen LogP contribution is -2.49. The van der Waals surface area contributed by atoms with Crippen LogP contribution in [-0.4, -0.2) is 121 Å². The van der Waals surface area contributed by atoms with Gasteiger partial charge in [0.1, 0.15) is 23.0 Å². The molecule has 79 heavy (non-hydrogen) atoms. The molecule has 0 spiro atoms. The van der Waals surface area contributed by atoms with Crippen LogP contribution in [0.15, 0.2) is 60.7 Å². The standard InChI is InChI=1S/C21H34ClFN2O4Si.C18H37NO5Si.C14H10ClFN2O4.2H2S/c1-21(2,3)30(6,7)29-14-16(11-12-18(26)28-5)25(4)20(27)24-13-15-9-8-10-17(23)19(15)22;1-17(2,3)24-16(21)19(7)14(11-12-15(20)22-8)13-23-25(9,10)18(4,5)6;15-13-9(2-1-3-12(13)16)8-17-14(19)22-11-6-4-10(5-7-11)18(20)21;;/h8-10,16H,11-14H2,1-7H3,(H,24,27);14H,11-13H2,1-10H3;1-7H,8H2,(H,17,19);2*1H2/t16-;14-;;;/m00.../s1. The molecule has 0 radical (unpaired) electrons. The number of rotatable bonds is 20. The predicted octanol–water partition coefficient (Wildman–Crippen LogP) is 13.1. The van der Waals surface area contributed by atoms with Crippen molar-refractivity contribution in [3.05, 3.63) is 104 Å². The van der Waals surface area contributed by atoms with Crippen molar-refractivity contribution in [2.75, 3.05) is 41.5 Å². The summed E-state index contributed by atoms with van der Waals surface area (Å²) in [6.07, 6.45) is 0.0865. The number of non-ortho nitro benzene ring substituents is 1. The van der Waals surface area contributed by atoms with Crippen molar-refractivity contribution >= 4 is 103 Å². The monoisotopic (exact) mass is 1230 g/mol. The summed E-state index contributed by atoms with van der Waals surface area (Å²) in [4.78, 5) is 72.8. The summed E-state index contributed by atoms with van der Waals surface area (Å²) >= 11 is 11.7. The Morgan fingerprint density at radius 2 is 1.05 bits per heavy atom. The number of urea groups is 1. The van der Waals surface area contributed by atoms with E-state index < -0.39 is 51.0 Å². The number of esters is 2. The molecule has 3 rings (SSSR count). The second kappa shape index (κ2) is 34.6. The lowest BCUT2D eigenvalue weighted by molar-refractivity contribution is -0.384. The number of nitro groups is 1. The normalized spacial score (nSPS) is 12.2. The molecule has 0 aliphatic rings. The van der Waals surface area contributed by atoms with E-state index in [2.05, 4.69) is 78.4 Å². The Kier molecular flexibility index (Phi) is 33.4. The number of carbonyl (C=O) groups excluding carboxylic acids is 5. The third-order valence-corrected chi connectivity index (χ3v) is 22.8. The van der Waals surface area contributed by atoms with Crippen LogP contribution >= 0.6 is 50.2 Å². The van der Waals surface area contributed by atoms with Gasteiger partial charge in [-0.25, -0.2) is 23.2 Å². The molecule has 0 aliphatic heterocycles. The van der Waals surface area contributed by atoms with Crippen molar-refractivity contribution in [3.63, 3.8) is 0 Å². The van der Waals surface area contributed by atoms with E-state index in [1.807, 2.05) is 20.8 Å². The highest BCUT2D eigenvalue weighted by molar-refractivity contribution is 7.59. The second-order valence-electron chi connectivity index (χ2n) is 22.0. The number of hydrogen-bond donors (Lipinski definition) is 2. The topological polar surface area (TPSA) is 214 Å². The van der Waals surface area contributed by atoms with Crippen LogP contribution in [0.3, 0.4) is 0 Å². The number of amides is 4. The molecule has 18 nitrogen and oxygen atoms in total. The second-order valence-corrected chi connectivity index (χ2v) is 32.3. The van der Waals surface area contributed by atoms with E-state index in [1.54, 1.807) is 32.3 Å². The van der Waals surface area contributed by atoms with Crippen molar-refractivity contribution < 1.29 is 65.5 Å². The van der Waals surface area contributed by atoms with Gasteiger partial charge in [-0.05, 0) is 105 Å². The van der Waals surface area contributed by atoms with Crippen molar-refractivity contribution in [3.8, 4) is 5.75 Å². The van der Waals surface area contributed by atoms with E-state index in [1.165, 1.54) is 66.5 Å². The molecule has 26 heteroatoms. The van der Waals surface area contributed by atoms with Gasteiger partial charge < -0.3 is 48.2 Å². The summed E-state index contributed by atoms with van der Waals surface area (Å²) in [5.41, 5.74) is 0.210. The number of ether oxygens (including phenoxy) is 4. The molecule has 0 fully saturated rings. The van der Waals surface area contributed by atoms with Gasteiger partial charge in [0.05, 0.1) is 54.5 Å². The predicted molar refractivity (Wildman–Crippen MR) is 320 cm³/mol. The highest BCUT2D eigenvalue weighted by Crippen LogP contribution is 2.38. The minimum absolute atomic E-state index is 0. The van der Waals surface area contributed by atoms with Crippen LogP contribution in [0, 0.1) is 21.7 Å². The lowest BCUT2D eigenvalue weighted by atomic mass is 10.1. The first-order valence-corrected chi connectivity index (χ1v) is 31.4. The molecular formula is C53H85Cl2F2N5O13S2Si2. The van der Waals surface area contributed by atoms with Crippen LogP contribution in [-0.2, 0) is 45.7 Å². The fourth-order valence-electron chi connectivity index (χ4n) is 5.85. The summed E-state index contributed by atoms with van der Waals surface area (Å²) in [5.74, 6) is -1.60. The molecule has 3 aromatic carbocycles. The van der Waals surface area contributed by atoms with Crippen LogP contribution in [0.25, 0.3) is 0 Å². The number of nitro benzene ring substituents is 1. The van der Waals surface area contributed by atoms with Crippen LogP contribution in [0.5, 0.6) is 5.75 Å². The summed E-state index contributed by atoms with van der Waals surface area (Å²) in [7, 11) is 2.05. The number of hydrogen-bond acceptors (Lipinski definition) is 13. The Labute approximate surface area is 491 Å². The van der Waals surface area contributed by atoms with Gasteiger partial charge in [-0.15, -0.1) is 0 Å². The van der Waals surface area contributed by atoms with Gasteiger partial charge in [0.15, 0.2) is 16.6 Å². The molecule has 0 bridgehead atoms. The molecule has 2 N–H and O–H groups in total. The zero-order chi connectivity index (χ0) is 59.3. The van der Waals surface area contributed by atoms with Crippen molar-refractivity contribution in [1.82, 2.24) is 20.4 Å². The minimum Gasteiger partial charge on any atom is -0.469 e. The van der Waals surface area contributed by atoms with E-state index in [4.69, 9.17) is 51.0 Å². The highest BCUT2D eigenvalue weighted by Gasteiger charge is 2.40. The molecule has 0 heterocycles. The zero-order valence-electron chi connectivity index (χ0n) is 48.7. The lowest BCUT2D eigenvalue weighted by Gasteiger charge is -2.38. The van der Waals surface area contributed by atoms with Gasteiger partial charge in [-0.3, -0.25) is 19.7 Å². The summed E-state index contributed by atoms with van der Waals surface area (Å²) < 4.78 is 59.2. The van der Waals surface area contributed by atoms with E-state index in [0.717, 1.165) is 0 Å². The Bertz CT molecular complexity index is 2430. The molecule has 0 aliphatic carbocycles. The molecule has 0 saturated carbocycles. The SMILES string of the molecule is COC(=O)CC[C@@H](CO[Si](C)(C)C(C)(C)C)N(C)C(=O)NCc1cccc(F)c1Cl.COC(=O)CC[C@@H](CO[Si](C)(C)C(C)(C)C)N(C)C(=O)OC(C)(C)C.O=C(NCc1cccc(F)c1Cl)Oc1ccc([N+](=O)[O-])cc1.S.S. The van der Waals surface area contributed by atoms with Crippen LogP contribution < -0.4 is 15.4 Å². The number of methoxy groups -OCH3 is 2. The smallest absolute Gasteiger partial charge is 0.412 e. The molecule has 4 amide bonds. The first-order chi connectivity index (χ1) is 35.4. The van der Waals surface area contributed by atoms with Gasteiger partial charge in [0.2, 0.25) is 0 Å². The summed E-state index contributed by atoms with van der Waals surface area (Å²) in [6, 6.07) is 12.8. The van der Waals surface area contributed by atoms with Gasteiger partial charge in [-0.1, -0.05) is 89.0 Å². The van der Waals surface area contributed by atoms with Gasteiger partial charge in [-0.2, -0.15) is 27.0 Å². The fraction of sp³-hybridized carbons (Fsp3) is 0.566. The van der Waals surface area contributed by atoms with Gasteiger partial charge >= 0.3 is 30.2 Å². The Morgan fingerprint density at radius 3 is 1.42 bits per heavy atom. The van der Waals surface area contributed by atoms with Crippen LogP contribution in [0.1, 0.15) is 99.1 Å². The molecule has 0 aromatic heterocycles. The Balaban J connectivity index is 0. The average molecular weight is 1230 g/mol. The van der Waals surface area contributed by atoms with Gasteiger partial charge in [0, 0.05) is 52.2 Å². The quantitative estimate of drug-likeness (QED) is 0.0354. The fourth-order valence-corrected chi connectivity index (χ4v) is 8.32. The molecule has 2 atom stereocenters. The van der Waals surface area contributed by atoms with E-state index in [-0.39, 0.29) is 115 Å². The number of halogens is 4. The van der Waals surface area contributed by atoms with Crippen molar-refractivity contribution in [1.29, 1.82) is 0 Å². The molecule has 0 unspecified atom stereocenters. The third-order valence-electron chi connectivity index (χ3n) is 13.0. The Morgan fingerprint density at radius 1 is 0.658 bits per heavy atom. The Hall–Kier alpha value is -4.70. The molecular weight excluding hydrogens is 1140 g/mol. The minimum atomic E-state index is -2.03. The van der Waals surface area contributed by atoms with Gasteiger partial charge in [0.25, 0.3) is 5.69 Å². The van der Waals surface area contributed by atoms with Crippen LogP contribution in [0.2, 0.25) is 46.3 Å². The first kappa shape index (κ1) is 76.4. The number of carbonyl (C=O) groups is 5. The maximum absolute atomic E-state index is 13.6. The van der Waals surface area contributed by atoms with E-state index >= 15 is 0 Å². The van der Waals surface area contributed by atoms with E-state index in [9.17, 15) is 42.9 Å². The average Bonchev–Trinajstić information content (AvgIpc) is 3.33. The third kappa shape index (κ3) is 27.6. The van der Waals surface area contributed by atoms with Crippen molar-refractivity contribution in [2.45, 2.75) is 155 Å². The molecule has 3 aromatic rings. The summed E-state index contributed by atoms with van der Waals surface area (Å²) in [6.45, 7) is 27.8. The highest BCUT2D eigenvalue weighted by atomic mass is 35.5. The number of likely N-dealkylation sites (N-methyl/N-ethyl adjacent to an activating group) is 2. The van der Waals surface area contributed by atoms with Crippen LogP contribution in [0.4, 0.5) is 28.9 Å². The summed E-state index contributed by atoms with van der Waals surface area (Å²) in [5, 5.41) is 15.7. The first-order valence-electron chi connectivity index (χ1n) is 24.8. The molecule has 0 saturated heterocycles. The van der Waals surface area contributed by atoms with E-state index in [0.29, 0.717) is 37.2 Å². The zero-order valence-corrected chi connectivity index (χ0v) is 54.3. The molecule has 448 valence electrons. The van der Waals surface area contributed by atoms with Crippen molar-refractivity contribution in [2.24, 2.45) is 0 Å². The largest absolute Gasteiger partial charge is 0.469 e. The number of nitrogens with one attached hydrogen (secondary N) is 2. The number of nitrogens with zero attached hydrogens (tertiary/aromatic N) is 3. The maximum atomic E-state index is 13.6.